The minimum absolute atomic E-state index is 0.445. The Morgan fingerprint density at radius 1 is 1.17 bits per heavy atom. The number of alkyl halides is 3. The summed E-state index contributed by atoms with van der Waals surface area (Å²) in [5.41, 5.74) is 3.24. The predicted octanol–water partition coefficient (Wildman–Crippen LogP) is 3.84. The van der Waals surface area contributed by atoms with Crippen molar-refractivity contribution in [3.63, 3.8) is 0 Å². The number of nitrogens with zero attached hydrogens (tertiary/aromatic N) is 2. The molecule has 1 heterocycles. The van der Waals surface area contributed by atoms with Crippen LogP contribution in [0, 0.1) is 0 Å². The van der Waals surface area contributed by atoms with Crippen LogP contribution in [-0.4, -0.2) is 24.2 Å². The zero-order chi connectivity index (χ0) is 21.2. The van der Waals surface area contributed by atoms with Crippen molar-refractivity contribution in [2.75, 3.05) is 0 Å². The first-order chi connectivity index (χ1) is 13.6. The number of hydrogen-bond donors (Lipinski definition) is 2. The van der Waals surface area contributed by atoms with E-state index in [-0.39, 0.29) is 0 Å². The van der Waals surface area contributed by atoms with Crippen LogP contribution in [0.1, 0.15) is 44.9 Å². The largest absolute Gasteiger partial charge is 0.504 e. The molecule has 0 aliphatic heterocycles. The Morgan fingerprint density at radius 3 is 2.62 bits per heavy atom. The van der Waals surface area contributed by atoms with Crippen LogP contribution in [0.4, 0.5) is 18.0 Å². The van der Waals surface area contributed by atoms with Crippen LogP contribution in [0.5, 0.6) is 0 Å². The first-order valence-electron chi connectivity index (χ1n) is 9.15. The highest BCUT2D eigenvalue weighted by atomic mass is 32.2. The van der Waals surface area contributed by atoms with Gasteiger partial charge in [-0.25, -0.2) is 9.52 Å². The molecule has 1 aromatic rings. The van der Waals surface area contributed by atoms with E-state index in [1.54, 1.807) is 4.72 Å². The van der Waals surface area contributed by atoms with Crippen LogP contribution in [0.25, 0.3) is 0 Å². The summed E-state index contributed by atoms with van der Waals surface area (Å²) in [5.74, 6) is 0. The lowest BCUT2D eigenvalue weighted by Gasteiger charge is -2.16. The van der Waals surface area contributed by atoms with E-state index in [0.717, 1.165) is 49.7 Å². The number of carbonyl (C=O) groups is 1. The van der Waals surface area contributed by atoms with Gasteiger partial charge >= 0.3 is 12.3 Å². The van der Waals surface area contributed by atoms with Crippen LogP contribution in [0.3, 0.4) is 0 Å². The Balaban J connectivity index is 1.80. The smallest absolute Gasteiger partial charge is 0.307 e. The number of carbonyl (C=O) groups excluding carboxylic acids is 1. The molecular weight excluding hydrogens is 409 g/mol. The molecule has 0 atom stereocenters. The van der Waals surface area contributed by atoms with Crippen LogP contribution in [-0.2, 0) is 16.3 Å². The van der Waals surface area contributed by atoms with Crippen molar-refractivity contribution in [1.29, 1.82) is 0 Å². The average molecular weight is 430 g/mol. The van der Waals surface area contributed by atoms with Gasteiger partial charge in [0.1, 0.15) is 0 Å². The van der Waals surface area contributed by atoms with Gasteiger partial charge in [-0.2, -0.15) is 18.2 Å². The molecule has 3 rings (SSSR count). The minimum Gasteiger partial charge on any atom is -0.307 e. The number of aromatic nitrogens is 2. The summed E-state index contributed by atoms with van der Waals surface area (Å²) in [5, 5.41) is 4.63. The molecule has 29 heavy (non-hydrogen) atoms. The van der Waals surface area contributed by atoms with E-state index >= 15 is 0 Å². The van der Waals surface area contributed by atoms with Crippen molar-refractivity contribution in [3.05, 3.63) is 47.3 Å². The molecule has 0 unspecified atom stereocenters. The molecule has 11 heteroatoms. The number of allylic oxidation sites excluding steroid dienone is 4. The fourth-order valence-electron chi connectivity index (χ4n) is 3.44. The van der Waals surface area contributed by atoms with Crippen LogP contribution < -0.4 is 10.0 Å². The maximum Gasteiger partial charge on any atom is 0.504 e. The highest BCUT2D eigenvalue weighted by molar-refractivity contribution is 7.90. The Bertz CT molecular complexity index is 990. The monoisotopic (exact) mass is 430 g/mol. The number of hydrogen-bond acceptors (Lipinski definition) is 4. The zero-order valence-corrected chi connectivity index (χ0v) is 16.4. The van der Waals surface area contributed by atoms with Crippen molar-refractivity contribution in [2.24, 2.45) is 0 Å². The maximum absolute atomic E-state index is 12.6. The molecule has 1 aromatic heterocycles. The molecule has 7 nitrogen and oxygen atoms in total. The molecule has 2 N–H and O–H groups in total. The van der Waals surface area contributed by atoms with Gasteiger partial charge in [-0.1, -0.05) is 12.7 Å². The second-order valence-electron chi connectivity index (χ2n) is 6.91. The highest BCUT2D eigenvalue weighted by Gasteiger charge is 2.33. The van der Waals surface area contributed by atoms with E-state index in [2.05, 4.69) is 23.1 Å². The number of nitrogens with one attached hydrogen (secondary N) is 2. The number of halogens is 3. The van der Waals surface area contributed by atoms with Crippen molar-refractivity contribution < 1.29 is 26.4 Å². The third kappa shape index (κ3) is 4.89. The van der Waals surface area contributed by atoms with Gasteiger partial charge in [0.25, 0.3) is 10.0 Å². The summed E-state index contributed by atoms with van der Waals surface area (Å²) in [6, 6.07) is -0.400. The van der Waals surface area contributed by atoms with Gasteiger partial charge in [0, 0.05) is 11.9 Å². The van der Waals surface area contributed by atoms with Gasteiger partial charge in [0.05, 0.1) is 0 Å². The summed E-state index contributed by atoms with van der Waals surface area (Å²) in [6.45, 7) is 4.02. The summed E-state index contributed by atoms with van der Waals surface area (Å²) in [4.78, 5) is 12.4. The van der Waals surface area contributed by atoms with E-state index in [9.17, 15) is 26.4 Å². The van der Waals surface area contributed by atoms with Gasteiger partial charge in [-0.3, -0.25) is 0 Å². The molecular formula is C18H21F3N4O3S. The van der Waals surface area contributed by atoms with E-state index in [0.29, 0.717) is 30.0 Å². The van der Waals surface area contributed by atoms with Crippen molar-refractivity contribution in [3.8, 4) is 0 Å². The Hall–Kier alpha value is -2.56. The summed E-state index contributed by atoms with van der Waals surface area (Å²) in [7, 11) is -4.57. The van der Waals surface area contributed by atoms with Gasteiger partial charge < -0.3 is 5.32 Å². The third-order valence-corrected chi connectivity index (χ3v) is 6.03. The normalized spacial score (nSPS) is 22.7. The molecule has 0 aromatic carbocycles. The molecule has 2 aliphatic carbocycles. The second kappa shape index (κ2) is 8.05. The van der Waals surface area contributed by atoms with Crippen molar-refractivity contribution in [2.45, 2.75) is 56.3 Å². The quantitative estimate of drug-likeness (QED) is 0.762. The van der Waals surface area contributed by atoms with E-state index in [4.69, 9.17) is 0 Å². The molecule has 2 amide bonds. The molecule has 0 radical (unpaired) electrons. The van der Waals surface area contributed by atoms with E-state index in [1.807, 2.05) is 0 Å². The molecule has 0 spiro atoms. The van der Waals surface area contributed by atoms with Gasteiger partial charge in [-0.05, 0) is 67.7 Å². The molecule has 0 bridgehead atoms. The lowest BCUT2D eigenvalue weighted by atomic mass is 10.0. The zero-order valence-electron chi connectivity index (χ0n) is 15.6. The summed E-state index contributed by atoms with van der Waals surface area (Å²) < 4.78 is 63.6. The highest BCUT2D eigenvalue weighted by Crippen LogP contribution is 2.36. The summed E-state index contributed by atoms with van der Waals surface area (Å²) >= 11 is 0. The van der Waals surface area contributed by atoms with Gasteiger partial charge in [-0.15, -0.1) is 13.2 Å². The molecule has 1 fully saturated rings. The van der Waals surface area contributed by atoms with Crippen molar-refractivity contribution in [1.82, 2.24) is 19.8 Å². The Morgan fingerprint density at radius 2 is 1.93 bits per heavy atom. The van der Waals surface area contributed by atoms with Crippen LogP contribution >= 0.6 is 0 Å². The summed E-state index contributed by atoms with van der Waals surface area (Å²) in [6.07, 6.45) is 3.75. The number of rotatable bonds is 3. The minimum atomic E-state index is -4.86. The SMILES string of the molecule is C=C1CCCC/C=C2/CCC/C2=C/1NC(=O)NS(=O)(=O)c1ccn(C(F)(F)F)n1. The topological polar surface area (TPSA) is 93.1 Å². The Labute approximate surface area is 166 Å². The molecule has 158 valence electrons. The van der Waals surface area contributed by atoms with Crippen LogP contribution in [0.15, 0.2) is 52.4 Å². The van der Waals surface area contributed by atoms with Gasteiger partial charge in [0.2, 0.25) is 0 Å². The molecule has 1 saturated carbocycles. The lowest BCUT2D eigenvalue weighted by molar-refractivity contribution is -0.212. The number of amides is 2. The average Bonchev–Trinajstić information content (AvgIpc) is 3.27. The van der Waals surface area contributed by atoms with Crippen LogP contribution in [0.2, 0.25) is 0 Å². The lowest BCUT2D eigenvalue weighted by Crippen LogP contribution is -2.40. The van der Waals surface area contributed by atoms with E-state index < -0.39 is 32.1 Å². The fourth-order valence-corrected chi connectivity index (χ4v) is 4.28. The van der Waals surface area contributed by atoms with E-state index in [1.165, 1.54) is 0 Å². The second-order valence-corrected chi connectivity index (χ2v) is 8.54. The van der Waals surface area contributed by atoms with Crippen molar-refractivity contribution >= 4 is 16.1 Å². The maximum atomic E-state index is 12.6. The standard InChI is InChI=1S/C18H21F3N4O3S/c1-12-6-3-2-4-7-13-8-5-9-14(13)16(12)22-17(26)24-29(27,28)15-10-11-25(23-15)18(19,20)21/h7,10-11H,1-6,8-9H2,(H2,22,24,26)/b13-7-,16-14+. The third-order valence-electron chi connectivity index (χ3n) is 4.80. The first kappa shape index (κ1) is 21.2. The molecule has 0 saturated heterocycles. The van der Waals surface area contributed by atoms with Gasteiger partial charge in [0.15, 0.2) is 5.03 Å². The Kier molecular flexibility index (Phi) is 5.87. The molecule has 2 aliphatic rings. The number of urea groups is 1. The number of fused-ring (bicyclic) bond motifs is 1. The predicted molar refractivity (Wildman–Crippen MR) is 98.9 cm³/mol. The number of sulfonamides is 1. The first-order valence-corrected chi connectivity index (χ1v) is 10.6. The fraction of sp³-hybridized carbons (Fsp3) is 0.444.